The second kappa shape index (κ2) is 7.22. The van der Waals surface area contributed by atoms with Crippen molar-refractivity contribution >= 4 is 15.7 Å². The Hall–Kier alpha value is -1.14. The zero-order valence-electron chi connectivity index (χ0n) is 12.9. The highest BCUT2D eigenvalue weighted by Gasteiger charge is 2.28. The Morgan fingerprint density at radius 2 is 2.10 bits per heavy atom. The molecule has 1 aromatic heterocycles. The first kappa shape index (κ1) is 16.2. The monoisotopic (exact) mass is 311 g/mol. The van der Waals surface area contributed by atoms with Crippen LogP contribution in [0.4, 0.5) is 5.69 Å². The molecule has 1 heterocycles. The van der Waals surface area contributed by atoms with E-state index >= 15 is 0 Å². The highest BCUT2D eigenvalue weighted by molar-refractivity contribution is 7.89. The zero-order valence-corrected chi connectivity index (χ0v) is 13.7. The summed E-state index contributed by atoms with van der Waals surface area (Å²) in [5, 5.41) is 3.29. The summed E-state index contributed by atoms with van der Waals surface area (Å²) in [7, 11) is -1.87. The lowest BCUT2D eigenvalue weighted by Gasteiger charge is -2.21. The number of nitrogens with one attached hydrogen (secondary N) is 1. The van der Waals surface area contributed by atoms with Crippen LogP contribution in [0.3, 0.4) is 0 Å². The molecule has 1 aliphatic carbocycles. The summed E-state index contributed by atoms with van der Waals surface area (Å²) in [6.07, 6.45) is 7.16. The molecule has 0 radical (unpaired) electrons. The standard InChI is InChI=1S/C15H25N3O2S/c1-3-10-16-14-9-6-11-17-15(14)21(19,20)18(2)12-13-7-4-5-8-13/h6,9,11,13,16H,3-5,7-8,10,12H2,1-2H3. The van der Waals surface area contributed by atoms with Gasteiger partial charge in [0.25, 0.3) is 10.0 Å². The average molecular weight is 311 g/mol. The first-order chi connectivity index (χ1) is 10.1. The molecule has 21 heavy (non-hydrogen) atoms. The maximum absolute atomic E-state index is 12.7. The SMILES string of the molecule is CCCNc1cccnc1S(=O)(=O)N(C)CC1CCCC1. The summed E-state index contributed by atoms with van der Waals surface area (Å²) in [5.41, 5.74) is 0.595. The van der Waals surface area contributed by atoms with Gasteiger partial charge in [0.2, 0.25) is 0 Å². The Morgan fingerprint density at radius 1 is 1.38 bits per heavy atom. The van der Waals surface area contributed by atoms with E-state index in [-0.39, 0.29) is 5.03 Å². The van der Waals surface area contributed by atoms with Gasteiger partial charge < -0.3 is 5.32 Å². The second-order valence-corrected chi connectivity index (χ2v) is 7.68. The van der Waals surface area contributed by atoms with Crippen LogP contribution in [-0.4, -0.2) is 37.8 Å². The van der Waals surface area contributed by atoms with Gasteiger partial charge in [0.15, 0.2) is 5.03 Å². The van der Waals surface area contributed by atoms with Crippen molar-refractivity contribution in [2.75, 3.05) is 25.5 Å². The van der Waals surface area contributed by atoms with E-state index in [1.807, 2.05) is 6.92 Å². The van der Waals surface area contributed by atoms with Crippen LogP contribution in [-0.2, 0) is 10.0 Å². The van der Waals surface area contributed by atoms with Gasteiger partial charge in [-0.25, -0.2) is 13.4 Å². The quantitative estimate of drug-likeness (QED) is 0.841. The smallest absolute Gasteiger partial charge is 0.262 e. The second-order valence-electron chi connectivity index (χ2n) is 5.72. The molecule has 1 N–H and O–H groups in total. The predicted molar refractivity (Wildman–Crippen MR) is 84.8 cm³/mol. The maximum atomic E-state index is 12.7. The molecular formula is C15H25N3O2S. The van der Waals surface area contributed by atoms with Gasteiger partial charge in [0.05, 0.1) is 5.69 Å². The van der Waals surface area contributed by atoms with Crippen molar-refractivity contribution in [2.45, 2.75) is 44.1 Å². The first-order valence-corrected chi connectivity index (χ1v) is 9.15. The molecule has 0 saturated heterocycles. The Morgan fingerprint density at radius 3 is 2.76 bits per heavy atom. The topological polar surface area (TPSA) is 62.3 Å². The van der Waals surface area contributed by atoms with Crippen molar-refractivity contribution in [3.8, 4) is 0 Å². The van der Waals surface area contributed by atoms with Crippen molar-refractivity contribution in [3.63, 3.8) is 0 Å². The van der Waals surface area contributed by atoms with Gasteiger partial charge in [-0.1, -0.05) is 19.8 Å². The highest BCUT2D eigenvalue weighted by atomic mass is 32.2. The summed E-state index contributed by atoms with van der Waals surface area (Å²) in [4.78, 5) is 4.11. The lowest BCUT2D eigenvalue weighted by Crippen LogP contribution is -2.32. The van der Waals surface area contributed by atoms with Crippen LogP contribution in [0.2, 0.25) is 0 Å². The summed E-state index contributed by atoms with van der Waals surface area (Å²) >= 11 is 0. The Kier molecular flexibility index (Phi) is 5.58. The molecule has 2 rings (SSSR count). The van der Waals surface area contributed by atoms with Crippen LogP contribution >= 0.6 is 0 Å². The molecule has 0 bridgehead atoms. The third-order valence-electron chi connectivity index (χ3n) is 3.98. The van der Waals surface area contributed by atoms with E-state index < -0.39 is 10.0 Å². The number of aromatic nitrogens is 1. The fraction of sp³-hybridized carbons (Fsp3) is 0.667. The van der Waals surface area contributed by atoms with Gasteiger partial charge >= 0.3 is 0 Å². The Labute approximate surface area is 127 Å². The maximum Gasteiger partial charge on any atom is 0.262 e. The highest BCUT2D eigenvalue weighted by Crippen LogP contribution is 2.28. The van der Waals surface area contributed by atoms with Gasteiger partial charge in [-0.05, 0) is 37.3 Å². The van der Waals surface area contributed by atoms with E-state index in [9.17, 15) is 8.42 Å². The molecule has 0 amide bonds. The van der Waals surface area contributed by atoms with Crippen LogP contribution in [0.25, 0.3) is 0 Å². The predicted octanol–water partition coefficient (Wildman–Crippen LogP) is 2.71. The van der Waals surface area contributed by atoms with Crippen LogP contribution < -0.4 is 5.32 Å². The summed E-state index contributed by atoms with van der Waals surface area (Å²) in [6, 6.07) is 3.53. The van der Waals surface area contributed by atoms with Crippen LogP contribution in [0, 0.1) is 5.92 Å². The summed E-state index contributed by atoms with van der Waals surface area (Å²) in [6.45, 7) is 3.37. The molecule has 118 valence electrons. The minimum Gasteiger partial charge on any atom is -0.383 e. The Balaban J connectivity index is 2.17. The van der Waals surface area contributed by atoms with Crippen molar-refractivity contribution in [1.29, 1.82) is 0 Å². The Bertz CT molecular complexity index is 554. The first-order valence-electron chi connectivity index (χ1n) is 7.71. The van der Waals surface area contributed by atoms with Crippen LogP contribution in [0.1, 0.15) is 39.0 Å². The average Bonchev–Trinajstić information content (AvgIpc) is 2.98. The molecule has 0 aliphatic heterocycles. The van der Waals surface area contributed by atoms with Gasteiger partial charge in [-0.15, -0.1) is 0 Å². The lowest BCUT2D eigenvalue weighted by atomic mass is 10.1. The van der Waals surface area contributed by atoms with Crippen molar-refractivity contribution < 1.29 is 8.42 Å². The van der Waals surface area contributed by atoms with Gasteiger partial charge in [0.1, 0.15) is 0 Å². The molecule has 6 heteroatoms. The lowest BCUT2D eigenvalue weighted by molar-refractivity contribution is 0.386. The molecule has 0 unspecified atom stereocenters. The third-order valence-corrected chi connectivity index (χ3v) is 5.77. The van der Waals surface area contributed by atoms with E-state index in [0.29, 0.717) is 18.2 Å². The zero-order chi connectivity index (χ0) is 15.3. The molecule has 1 aliphatic rings. The van der Waals surface area contributed by atoms with E-state index in [1.165, 1.54) is 23.3 Å². The molecule has 0 atom stereocenters. The molecular weight excluding hydrogens is 286 g/mol. The number of anilines is 1. The van der Waals surface area contributed by atoms with E-state index in [0.717, 1.165) is 25.8 Å². The van der Waals surface area contributed by atoms with Crippen LogP contribution in [0.15, 0.2) is 23.4 Å². The third kappa shape index (κ3) is 3.95. The van der Waals surface area contributed by atoms with Crippen molar-refractivity contribution in [1.82, 2.24) is 9.29 Å². The number of nitrogens with zero attached hydrogens (tertiary/aromatic N) is 2. The largest absolute Gasteiger partial charge is 0.383 e. The number of hydrogen-bond acceptors (Lipinski definition) is 4. The molecule has 1 aromatic rings. The number of sulfonamides is 1. The fourth-order valence-electron chi connectivity index (χ4n) is 2.79. The molecule has 1 fully saturated rings. The normalized spacial score (nSPS) is 16.5. The van der Waals surface area contributed by atoms with Crippen molar-refractivity contribution in [3.05, 3.63) is 18.3 Å². The molecule has 5 nitrogen and oxygen atoms in total. The van der Waals surface area contributed by atoms with Crippen LogP contribution in [0.5, 0.6) is 0 Å². The van der Waals surface area contributed by atoms with E-state index in [2.05, 4.69) is 10.3 Å². The molecule has 0 aromatic carbocycles. The number of pyridine rings is 1. The number of hydrogen-bond donors (Lipinski definition) is 1. The van der Waals surface area contributed by atoms with E-state index in [1.54, 1.807) is 19.2 Å². The fourth-order valence-corrected chi connectivity index (χ4v) is 4.11. The van der Waals surface area contributed by atoms with Gasteiger partial charge in [-0.3, -0.25) is 0 Å². The van der Waals surface area contributed by atoms with Gasteiger partial charge in [0, 0.05) is 26.3 Å². The summed E-state index contributed by atoms with van der Waals surface area (Å²) < 4.78 is 26.9. The van der Waals surface area contributed by atoms with Crippen molar-refractivity contribution in [2.24, 2.45) is 5.92 Å². The molecule has 1 saturated carbocycles. The molecule has 0 spiro atoms. The van der Waals surface area contributed by atoms with E-state index in [4.69, 9.17) is 0 Å². The minimum atomic E-state index is -3.53. The van der Waals surface area contributed by atoms with Gasteiger partial charge in [-0.2, -0.15) is 4.31 Å². The summed E-state index contributed by atoms with van der Waals surface area (Å²) in [5.74, 6) is 0.487. The minimum absolute atomic E-state index is 0.138. The number of rotatable bonds is 7.